The van der Waals surface area contributed by atoms with Crippen LogP contribution in [0.5, 0.6) is 0 Å². The molecule has 1 aromatic heterocycles. The van der Waals surface area contributed by atoms with Crippen LogP contribution < -0.4 is 0 Å². The van der Waals surface area contributed by atoms with E-state index in [9.17, 15) is 0 Å². The highest BCUT2D eigenvalue weighted by Crippen LogP contribution is 2.36. The highest BCUT2D eigenvalue weighted by atomic mass is 35.5. The Hall–Kier alpha value is -0.640. The third kappa shape index (κ3) is 1.63. The molecule has 0 saturated heterocycles. The number of hydrogen-bond acceptors (Lipinski definition) is 3. The van der Waals surface area contributed by atoms with E-state index in [1.54, 1.807) is 0 Å². The number of hydrogen-bond donors (Lipinski definition) is 0. The van der Waals surface area contributed by atoms with Crippen molar-refractivity contribution in [1.29, 1.82) is 0 Å². The summed E-state index contributed by atoms with van der Waals surface area (Å²) >= 11 is 6.00. The topological polar surface area (TPSA) is 43.6 Å². The predicted octanol–water partition coefficient (Wildman–Crippen LogP) is 2.33. The fraction of sp³-hybridized carbons (Fsp3) is 0.889. The molecule has 2 rings (SSSR count). The molecule has 1 heterocycles. The molecule has 0 N–H and O–H groups in total. The van der Waals surface area contributed by atoms with Crippen LogP contribution in [0.1, 0.15) is 50.4 Å². The zero-order valence-electron chi connectivity index (χ0n) is 8.52. The number of tetrazole rings is 1. The maximum Gasteiger partial charge on any atom is 0.169 e. The zero-order valence-corrected chi connectivity index (χ0v) is 9.28. The molecule has 0 aliphatic heterocycles. The fourth-order valence-corrected chi connectivity index (χ4v) is 2.02. The summed E-state index contributed by atoms with van der Waals surface area (Å²) in [6.07, 6.45) is 3.91. The lowest BCUT2D eigenvalue weighted by molar-refractivity contribution is 0.205. The van der Waals surface area contributed by atoms with Gasteiger partial charge in [0.15, 0.2) is 5.82 Å². The van der Waals surface area contributed by atoms with Gasteiger partial charge in [0.05, 0.1) is 11.4 Å². The molecule has 0 radical (unpaired) electrons. The summed E-state index contributed by atoms with van der Waals surface area (Å²) in [5, 5.41) is 11.5. The van der Waals surface area contributed by atoms with Gasteiger partial charge in [-0.25, -0.2) is 4.68 Å². The van der Waals surface area contributed by atoms with Gasteiger partial charge in [-0.1, -0.05) is 6.42 Å². The summed E-state index contributed by atoms with van der Waals surface area (Å²) in [7, 11) is 0. The minimum Gasteiger partial charge on any atom is -0.225 e. The van der Waals surface area contributed by atoms with Crippen molar-refractivity contribution in [3.8, 4) is 0 Å². The highest BCUT2D eigenvalue weighted by molar-refractivity contribution is 6.20. The van der Waals surface area contributed by atoms with Crippen LogP contribution in [-0.2, 0) is 0 Å². The van der Waals surface area contributed by atoms with Crippen LogP contribution in [0.25, 0.3) is 0 Å². The molecule has 1 fully saturated rings. The van der Waals surface area contributed by atoms with Crippen molar-refractivity contribution in [2.24, 2.45) is 5.92 Å². The SMILES string of the molecule is CC(Cl)c1nnnn1C(C)C1CCC1. The van der Waals surface area contributed by atoms with Gasteiger partial charge in [-0.15, -0.1) is 16.7 Å². The van der Waals surface area contributed by atoms with Crippen molar-refractivity contribution in [3.63, 3.8) is 0 Å². The third-order valence-corrected chi connectivity index (χ3v) is 3.29. The van der Waals surface area contributed by atoms with Gasteiger partial charge in [0, 0.05) is 0 Å². The first-order chi connectivity index (χ1) is 6.70. The summed E-state index contributed by atoms with van der Waals surface area (Å²) in [6, 6.07) is 0.384. The second-order valence-corrected chi connectivity index (χ2v) is 4.68. The van der Waals surface area contributed by atoms with E-state index in [1.807, 2.05) is 11.6 Å². The van der Waals surface area contributed by atoms with Crippen LogP contribution in [0.2, 0.25) is 0 Å². The standard InChI is InChI=1S/C9H15ClN4/c1-6(10)9-11-12-13-14(9)7(2)8-4-3-5-8/h6-8H,3-5H2,1-2H3. The first-order valence-electron chi connectivity index (χ1n) is 5.12. The monoisotopic (exact) mass is 214 g/mol. The van der Waals surface area contributed by atoms with Crippen molar-refractivity contribution < 1.29 is 0 Å². The van der Waals surface area contributed by atoms with Crippen molar-refractivity contribution in [3.05, 3.63) is 5.82 Å². The molecule has 0 amide bonds. The van der Waals surface area contributed by atoms with Crippen LogP contribution in [0, 0.1) is 5.92 Å². The molecule has 4 nitrogen and oxygen atoms in total. The Labute approximate surface area is 88.6 Å². The Morgan fingerprint density at radius 1 is 1.43 bits per heavy atom. The van der Waals surface area contributed by atoms with E-state index in [0.717, 1.165) is 11.7 Å². The summed E-state index contributed by atoms with van der Waals surface area (Å²) in [4.78, 5) is 0. The summed E-state index contributed by atoms with van der Waals surface area (Å²) in [5.74, 6) is 1.51. The fourth-order valence-electron chi connectivity index (χ4n) is 1.87. The first-order valence-corrected chi connectivity index (χ1v) is 5.55. The average Bonchev–Trinajstić information content (AvgIpc) is 2.47. The molecule has 1 aliphatic carbocycles. The van der Waals surface area contributed by atoms with Crippen LogP contribution in [0.15, 0.2) is 0 Å². The van der Waals surface area contributed by atoms with Gasteiger partial charge in [-0.3, -0.25) is 0 Å². The van der Waals surface area contributed by atoms with Crippen LogP contribution in [0.3, 0.4) is 0 Å². The number of halogens is 1. The van der Waals surface area contributed by atoms with Crippen LogP contribution in [-0.4, -0.2) is 20.2 Å². The number of rotatable bonds is 3. The van der Waals surface area contributed by atoms with Crippen molar-refractivity contribution in [1.82, 2.24) is 20.2 Å². The van der Waals surface area contributed by atoms with Crippen molar-refractivity contribution in [2.45, 2.75) is 44.5 Å². The van der Waals surface area contributed by atoms with E-state index in [0.29, 0.717) is 6.04 Å². The number of nitrogens with zero attached hydrogens (tertiary/aromatic N) is 4. The van der Waals surface area contributed by atoms with E-state index in [1.165, 1.54) is 19.3 Å². The van der Waals surface area contributed by atoms with Gasteiger partial charge in [0.1, 0.15) is 0 Å². The summed E-state index contributed by atoms with van der Waals surface area (Å²) in [6.45, 7) is 4.07. The maximum atomic E-state index is 6.00. The highest BCUT2D eigenvalue weighted by Gasteiger charge is 2.28. The molecule has 1 aliphatic rings. The quantitative estimate of drug-likeness (QED) is 0.726. The zero-order chi connectivity index (χ0) is 10.1. The second kappa shape index (κ2) is 3.85. The molecular formula is C9H15ClN4. The lowest BCUT2D eigenvalue weighted by Gasteiger charge is -2.31. The Kier molecular flexibility index (Phi) is 2.72. The smallest absolute Gasteiger partial charge is 0.169 e. The van der Waals surface area contributed by atoms with E-state index >= 15 is 0 Å². The summed E-state index contributed by atoms with van der Waals surface area (Å²) < 4.78 is 1.88. The maximum absolute atomic E-state index is 6.00. The lowest BCUT2D eigenvalue weighted by atomic mass is 9.80. The van der Waals surface area contributed by atoms with Crippen LogP contribution >= 0.6 is 11.6 Å². The Morgan fingerprint density at radius 2 is 2.14 bits per heavy atom. The van der Waals surface area contributed by atoms with Crippen molar-refractivity contribution in [2.75, 3.05) is 0 Å². The van der Waals surface area contributed by atoms with Gasteiger partial charge in [0.25, 0.3) is 0 Å². The van der Waals surface area contributed by atoms with Gasteiger partial charge < -0.3 is 0 Å². The molecule has 1 aromatic rings. The van der Waals surface area contributed by atoms with E-state index in [-0.39, 0.29) is 5.38 Å². The molecule has 2 unspecified atom stereocenters. The molecule has 0 bridgehead atoms. The molecule has 5 heteroatoms. The Balaban J connectivity index is 2.17. The first kappa shape index (κ1) is 9.90. The molecule has 14 heavy (non-hydrogen) atoms. The van der Waals surface area contributed by atoms with Crippen molar-refractivity contribution >= 4 is 11.6 Å². The minimum absolute atomic E-state index is 0.118. The Morgan fingerprint density at radius 3 is 2.64 bits per heavy atom. The largest absolute Gasteiger partial charge is 0.225 e. The average molecular weight is 215 g/mol. The second-order valence-electron chi connectivity index (χ2n) is 4.03. The van der Waals surface area contributed by atoms with Gasteiger partial charge in [-0.2, -0.15) is 0 Å². The number of alkyl halides is 1. The predicted molar refractivity (Wildman–Crippen MR) is 54.1 cm³/mol. The van der Waals surface area contributed by atoms with Crippen LogP contribution in [0.4, 0.5) is 0 Å². The minimum atomic E-state index is -0.118. The van der Waals surface area contributed by atoms with E-state index in [2.05, 4.69) is 22.4 Å². The van der Waals surface area contributed by atoms with Gasteiger partial charge >= 0.3 is 0 Å². The molecule has 1 saturated carbocycles. The molecule has 0 spiro atoms. The lowest BCUT2D eigenvalue weighted by Crippen LogP contribution is -2.25. The molecular weight excluding hydrogens is 200 g/mol. The molecule has 2 atom stereocenters. The molecule has 78 valence electrons. The number of aromatic nitrogens is 4. The normalized spacial score (nSPS) is 21.6. The Bertz CT molecular complexity index is 306. The third-order valence-electron chi connectivity index (χ3n) is 3.09. The molecule has 0 aromatic carbocycles. The van der Waals surface area contributed by atoms with E-state index < -0.39 is 0 Å². The van der Waals surface area contributed by atoms with Gasteiger partial charge in [-0.05, 0) is 43.0 Å². The summed E-state index contributed by atoms with van der Waals surface area (Å²) in [5.41, 5.74) is 0. The van der Waals surface area contributed by atoms with E-state index in [4.69, 9.17) is 11.6 Å². The van der Waals surface area contributed by atoms with Gasteiger partial charge in [0.2, 0.25) is 0 Å².